The van der Waals surface area contributed by atoms with Crippen LogP contribution in [0.4, 0.5) is 4.39 Å². The first-order valence-electron chi connectivity index (χ1n) is 6.44. The maximum Gasteiger partial charge on any atom is 0.210 e. The van der Waals surface area contributed by atoms with Crippen LogP contribution in [0.25, 0.3) is 0 Å². The molecule has 0 aromatic carbocycles. The third-order valence-corrected chi connectivity index (χ3v) is 3.22. The second kappa shape index (κ2) is 6.79. The predicted molar refractivity (Wildman–Crippen MR) is 75.3 cm³/mol. The SMILES string of the molecule is C=CN=C(/C=C\CF)c1ccn(C[C@@H]2CCN2C=O)n1. The first kappa shape index (κ1) is 14.2. The van der Waals surface area contributed by atoms with E-state index in [2.05, 4.69) is 16.7 Å². The number of hydrogen-bond donors (Lipinski definition) is 0. The zero-order valence-corrected chi connectivity index (χ0v) is 11.2. The van der Waals surface area contributed by atoms with Gasteiger partial charge in [0, 0.05) is 18.9 Å². The molecule has 106 valence electrons. The van der Waals surface area contributed by atoms with Gasteiger partial charge in [-0.05, 0) is 18.6 Å². The summed E-state index contributed by atoms with van der Waals surface area (Å²) in [7, 11) is 0. The fourth-order valence-corrected chi connectivity index (χ4v) is 2.06. The van der Waals surface area contributed by atoms with Crippen LogP contribution in [0.5, 0.6) is 0 Å². The lowest BCUT2D eigenvalue weighted by molar-refractivity contribution is -0.125. The van der Waals surface area contributed by atoms with Crippen molar-refractivity contribution in [3.63, 3.8) is 0 Å². The summed E-state index contributed by atoms with van der Waals surface area (Å²) in [6.07, 6.45) is 8.04. The smallest absolute Gasteiger partial charge is 0.210 e. The number of carbonyl (C=O) groups excluding carboxylic acids is 1. The summed E-state index contributed by atoms with van der Waals surface area (Å²) >= 11 is 0. The number of aromatic nitrogens is 2. The molecule has 1 fully saturated rings. The summed E-state index contributed by atoms with van der Waals surface area (Å²) < 4.78 is 14.0. The van der Waals surface area contributed by atoms with Gasteiger partial charge in [0.15, 0.2) is 0 Å². The molecule has 20 heavy (non-hydrogen) atoms. The molecule has 2 heterocycles. The number of carbonyl (C=O) groups is 1. The normalized spacial score (nSPS) is 19.1. The molecule has 1 aliphatic rings. The standard InChI is InChI=1S/C14H17FN4O/c1-2-16-13(4-3-7-15)14-6-9-19(17-14)10-12-5-8-18(12)11-20/h2-4,6,9,11-12H,1,5,7-8,10H2/b4-3-,16-13?/t12-/m0/s1. The number of alkyl halides is 1. The van der Waals surface area contributed by atoms with Gasteiger partial charge in [-0.3, -0.25) is 14.5 Å². The van der Waals surface area contributed by atoms with E-state index < -0.39 is 6.67 Å². The number of halogens is 1. The second-order valence-corrected chi connectivity index (χ2v) is 4.46. The monoisotopic (exact) mass is 276 g/mol. The van der Waals surface area contributed by atoms with Crippen LogP contribution < -0.4 is 0 Å². The molecule has 1 saturated heterocycles. The topological polar surface area (TPSA) is 50.5 Å². The molecule has 1 aromatic heterocycles. The van der Waals surface area contributed by atoms with Crippen LogP contribution in [0.2, 0.25) is 0 Å². The lowest BCUT2D eigenvalue weighted by atomic mass is 10.1. The van der Waals surface area contributed by atoms with Gasteiger partial charge in [0.2, 0.25) is 6.41 Å². The first-order chi connectivity index (χ1) is 9.78. The van der Waals surface area contributed by atoms with Crippen molar-refractivity contribution < 1.29 is 9.18 Å². The molecular formula is C14H17FN4O. The van der Waals surface area contributed by atoms with E-state index in [1.165, 1.54) is 12.3 Å². The fraction of sp³-hybridized carbons (Fsp3) is 0.357. The van der Waals surface area contributed by atoms with Crippen LogP contribution in [0.15, 0.2) is 42.2 Å². The van der Waals surface area contributed by atoms with Crippen LogP contribution >= 0.6 is 0 Å². The quantitative estimate of drug-likeness (QED) is 0.560. The Bertz CT molecular complexity index is 535. The highest BCUT2D eigenvalue weighted by Gasteiger charge is 2.26. The Balaban J connectivity index is 2.07. The van der Waals surface area contributed by atoms with Gasteiger partial charge in [0.05, 0.1) is 18.3 Å². The number of likely N-dealkylation sites (tertiary alicyclic amines) is 1. The minimum absolute atomic E-state index is 0.210. The number of aliphatic imine (C=N–C) groups is 1. The Morgan fingerprint density at radius 3 is 3.10 bits per heavy atom. The molecule has 0 saturated carbocycles. The van der Waals surface area contributed by atoms with Gasteiger partial charge >= 0.3 is 0 Å². The molecular weight excluding hydrogens is 259 g/mol. The molecule has 0 bridgehead atoms. The summed E-state index contributed by atoms with van der Waals surface area (Å²) in [4.78, 5) is 16.6. The van der Waals surface area contributed by atoms with E-state index >= 15 is 0 Å². The maximum atomic E-state index is 12.2. The van der Waals surface area contributed by atoms with Crippen LogP contribution in [-0.4, -0.2) is 46.1 Å². The molecule has 1 atom stereocenters. The van der Waals surface area contributed by atoms with Crippen molar-refractivity contribution >= 4 is 12.1 Å². The van der Waals surface area contributed by atoms with E-state index in [4.69, 9.17) is 0 Å². The average Bonchev–Trinajstić information content (AvgIpc) is 2.89. The fourth-order valence-electron chi connectivity index (χ4n) is 2.06. The van der Waals surface area contributed by atoms with Crippen molar-refractivity contribution in [1.82, 2.24) is 14.7 Å². The molecule has 1 amide bonds. The molecule has 0 aliphatic carbocycles. The number of allylic oxidation sites excluding steroid dienone is 2. The van der Waals surface area contributed by atoms with E-state index in [1.807, 2.05) is 12.3 Å². The van der Waals surface area contributed by atoms with E-state index in [0.717, 1.165) is 19.4 Å². The summed E-state index contributed by atoms with van der Waals surface area (Å²) in [6, 6.07) is 2.02. The molecule has 0 radical (unpaired) electrons. The van der Waals surface area contributed by atoms with Gasteiger partial charge in [-0.15, -0.1) is 0 Å². The van der Waals surface area contributed by atoms with Crippen molar-refractivity contribution in [2.24, 2.45) is 4.99 Å². The highest BCUT2D eigenvalue weighted by atomic mass is 19.1. The molecule has 5 nitrogen and oxygen atoms in total. The zero-order valence-electron chi connectivity index (χ0n) is 11.2. The lowest BCUT2D eigenvalue weighted by Gasteiger charge is -2.37. The van der Waals surface area contributed by atoms with Crippen molar-refractivity contribution in [3.05, 3.63) is 42.9 Å². The number of amides is 1. The minimum atomic E-state index is -0.548. The molecule has 1 aromatic rings. The predicted octanol–water partition coefficient (Wildman–Crippen LogP) is 1.57. The average molecular weight is 276 g/mol. The molecule has 0 unspecified atom stereocenters. The van der Waals surface area contributed by atoms with Gasteiger partial charge in [-0.1, -0.05) is 12.7 Å². The van der Waals surface area contributed by atoms with Crippen molar-refractivity contribution in [2.45, 2.75) is 19.0 Å². The number of nitrogens with zero attached hydrogens (tertiary/aromatic N) is 4. The van der Waals surface area contributed by atoms with Crippen LogP contribution in [-0.2, 0) is 11.3 Å². The highest BCUT2D eigenvalue weighted by Crippen LogP contribution is 2.16. The van der Waals surface area contributed by atoms with E-state index in [0.29, 0.717) is 18.0 Å². The van der Waals surface area contributed by atoms with Gasteiger partial charge in [-0.2, -0.15) is 5.10 Å². The summed E-state index contributed by atoms with van der Waals surface area (Å²) in [5.41, 5.74) is 1.23. The van der Waals surface area contributed by atoms with Gasteiger partial charge in [0.25, 0.3) is 0 Å². The van der Waals surface area contributed by atoms with Crippen LogP contribution in [0, 0.1) is 0 Å². The van der Waals surface area contributed by atoms with Crippen molar-refractivity contribution in [2.75, 3.05) is 13.2 Å². The number of hydrogen-bond acceptors (Lipinski definition) is 3. The Labute approximate surface area is 117 Å². The summed E-state index contributed by atoms with van der Waals surface area (Å²) in [5, 5.41) is 4.39. The third kappa shape index (κ3) is 3.20. The minimum Gasteiger partial charge on any atom is -0.340 e. The Morgan fingerprint density at radius 2 is 2.50 bits per heavy atom. The summed E-state index contributed by atoms with van der Waals surface area (Å²) in [6.45, 7) is 4.46. The zero-order chi connectivity index (χ0) is 14.4. The lowest BCUT2D eigenvalue weighted by Crippen LogP contribution is -2.48. The van der Waals surface area contributed by atoms with Crippen molar-refractivity contribution in [1.29, 1.82) is 0 Å². The van der Waals surface area contributed by atoms with E-state index in [1.54, 1.807) is 15.7 Å². The molecule has 1 aliphatic heterocycles. The third-order valence-electron chi connectivity index (χ3n) is 3.22. The molecule has 0 spiro atoms. The maximum absolute atomic E-state index is 12.2. The summed E-state index contributed by atoms with van der Waals surface area (Å²) in [5.74, 6) is 0. The van der Waals surface area contributed by atoms with Crippen molar-refractivity contribution in [3.8, 4) is 0 Å². The van der Waals surface area contributed by atoms with Gasteiger partial charge in [-0.25, -0.2) is 4.39 Å². The second-order valence-electron chi connectivity index (χ2n) is 4.46. The van der Waals surface area contributed by atoms with Gasteiger partial charge < -0.3 is 4.90 Å². The highest BCUT2D eigenvalue weighted by molar-refractivity contribution is 6.07. The van der Waals surface area contributed by atoms with Gasteiger partial charge in [0.1, 0.15) is 12.4 Å². The molecule has 0 N–H and O–H groups in total. The van der Waals surface area contributed by atoms with Crippen LogP contribution in [0.3, 0.4) is 0 Å². The largest absolute Gasteiger partial charge is 0.340 e. The Hall–Kier alpha value is -2.24. The Kier molecular flexibility index (Phi) is 4.81. The van der Waals surface area contributed by atoms with E-state index in [9.17, 15) is 9.18 Å². The van der Waals surface area contributed by atoms with Crippen LogP contribution in [0.1, 0.15) is 12.1 Å². The van der Waals surface area contributed by atoms with E-state index in [-0.39, 0.29) is 6.04 Å². The first-order valence-corrected chi connectivity index (χ1v) is 6.44. The molecule has 6 heteroatoms. The molecule has 2 rings (SSSR count). The number of rotatable bonds is 7. The Morgan fingerprint density at radius 1 is 1.65 bits per heavy atom.